The van der Waals surface area contributed by atoms with Crippen LogP contribution in [0, 0.1) is 5.92 Å². The number of allylic oxidation sites excluding steroid dienone is 1. The number of amides is 1. The van der Waals surface area contributed by atoms with Crippen molar-refractivity contribution in [3.63, 3.8) is 0 Å². The summed E-state index contributed by atoms with van der Waals surface area (Å²) in [6, 6.07) is 11.5. The maximum Gasteiger partial charge on any atom is 0.290 e. The molecule has 0 radical (unpaired) electrons. The highest BCUT2D eigenvalue weighted by molar-refractivity contribution is 9.10. The Labute approximate surface area is 179 Å². The fourth-order valence-electron chi connectivity index (χ4n) is 3.46. The molecule has 0 spiro atoms. The van der Waals surface area contributed by atoms with E-state index in [0.29, 0.717) is 18.7 Å². The lowest BCUT2D eigenvalue weighted by atomic mass is 9.80. The Morgan fingerprint density at radius 2 is 2.10 bits per heavy atom. The van der Waals surface area contributed by atoms with E-state index in [1.165, 1.54) is 0 Å². The minimum atomic E-state index is -0.570. The lowest BCUT2D eigenvalue weighted by molar-refractivity contribution is -0.165. The van der Waals surface area contributed by atoms with E-state index in [1.54, 1.807) is 24.5 Å². The molecule has 1 aromatic carbocycles. The standard InChI is InChI=1S/C22H25BrN2O4/c1-2-28-22-18(6-4-12-26)19(15-7-9-16(23)10-8-15)13-20(29-22)21(27)25-17-5-3-11-24-14-17/h3,5,7-11,13-14,18-19,22,26H,2,4,6,12H2,1H3,(H,25,27)/t18-,19+,22+/m1/s1. The van der Waals surface area contributed by atoms with Crippen LogP contribution in [0.25, 0.3) is 0 Å². The molecule has 154 valence electrons. The monoisotopic (exact) mass is 460 g/mol. The first-order valence-corrected chi connectivity index (χ1v) is 10.5. The Balaban J connectivity index is 1.92. The Morgan fingerprint density at radius 1 is 1.31 bits per heavy atom. The van der Waals surface area contributed by atoms with Crippen molar-refractivity contribution >= 4 is 27.5 Å². The molecule has 0 aliphatic carbocycles. The second-order valence-corrected chi connectivity index (χ2v) is 7.69. The van der Waals surface area contributed by atoms with Crippen molar-refractivity contribution in [3.05, 3.63) is 70.7 Å². The summed E-state index contributed by atoms with van der Waals surface area (Å²) in [6.45, 7) is 2.46. The Morgan fingerprint density at radius 3 is 2.76 bits per heavy atom. The smallest absolute Gasteiger partial charge is 0.290 e. The number of anilines is 1. The Kier molecular flexibility index (Phi) is 7.80. The SMILES string of the molecule is CCO[C@H]1OC(C(=O)Nc2cccnc2)=C[C@@H](c2ccc(Br)cc2)[C@H]1CCCO. The fourth-order valence-corrected chi connectivity index (χ4v) is 3.72. The molecule has 29 heavy (non-hydrogen) atoms. The van der Waals surface area contributed by atoms with E-state index in [-0.39, 0.29) is 30.1 Å². The highest BCUT2D eigenvalue weighted by Crippen LogP contribution is 2.39. The molecule has 0 bridgehead atoms. The van der Waals surface area contributed by atoms with E-state index in [1.807, 2.05) is 37.3 Å². The number of nitrogens with one attached hydrogen (secondary N) is 1. The van der Waals surface area contributed by atoms with Crippen LogP contribution in [0.5, 0.6) is 0 Å². The summed E-state index contributed by atoms with van der Waals surface area (Å²) >= 11 is 3.47. The molecule has 2 heterocycles. The molecule has 1 aliphatic heterocycles. The summed E-state index contributed by atoms with van der Waals surface area (Å²) in [5.74, 6) is -0.210. The van der Waals surface area contributed by atoms with Crippen molar-refractivity contribution < 1.29 is 19.4 Å². The summed E-state index contributed by atoms with van der Waals surface area (Å²) in [5.41, 5.74) is 1.66. The van der Waals surface area contributed by atoms with Crippen LogP contribution < -0.4 is 5.32 Å². The van der Waals surface area contributed by atoms with Gasteiger partial charge in [0.05, 0.1) is 11.9 Å². The first-order valence-electron chi connectivity index (χ1n) is 9.70. The van der Waals surface area contributed by atoms with Gasteiger partial charge < -0.3 is 19.9 Å². The van der Waals surface area contributed by atoms with Crippen LogP contribution in [0.1, 0.15) is 31.2 Å². The van der Waals surface area contributed by atoms with Crippen molar-refractivity contribution in [3.8, 4) is 0 Å². The molecule has 7 heteroatoms. The van der Waals surface area contributed by atoms with Crippen molar-refractivity contribution in [2.75, 3.05) is 18.5 Å². The first-order chi connectivity index (χ1) is 14.1. The van der Waals surface area contributed by atoms with Crippen LogP contribution in [0.15, 0.2) is 65.1 Å². The number of rotatable bonds is 8. The van der Waals surface area contributed by atoms with E-state index < -0.39 is 6.29 Å². The summed E-state index contributed by atoms with van der Waals surface area (Å²) in [5, 5.41) is 12.2. The number of benzene rings is 1. The highest BCUT2D eigenvalue weighted by Gasteiger charge is 2.37. The number of ether oxygens (including phenoxy) is 2. The third kappa shape index (κ3) is 5.65. The lowest BCUT2D eigenvalue weighted by Crippen LogP contribution is -2.37. The van der Waals surface area contributed by atoms with E-state index in [4.69, 9.17) is 9.47 Å². The Hall–Kier alpha value is -2.22. The van der Waals surface area contributed by atoms with Gasteiger partial charge >= 0.3 is 0 Å². The number of carbonyl (C=O) groups excluding carboxylic acids is 1. The molecule has 0 saturated heterocycles. The summed E-state index contributed by atoms with van der Waals surface area (Å²) in [7, 11) is 0. The molecule has 1 aromatic heterocycles. The maximum atomic E-state index is 12.8. The number of hydrogen-bond donors (Lipinski definition) is 2. The number of aliphatic hydroxyl groups is 1. The van der Waals surface area contributed by atoms with Gasteiger partial charge in [0.2, 0.25) is 6.29 Å². The number of nitrogens with zero attached hydrogens (tertiary/aromatic N) is 1. The van der Waals surface area contributed by atoms with E-state index in [0.717, 1.165) is 16.5 Å². The topological polar surface area (TPSA) is 80.7 Å². The van der Waals surface area contributed by atoms with E-state index in [2.05, 4.69) is 26.2 Å². The van der Waals surface area contributed by atoms with Gasteiger partial charge in [0.1, 0.15) is 0 Å². The quantitative estimate of drug-likeness (QED) is 0.615. The second-order valence-electron chi connectivity index (χ2n) is 6.78. The van der Waals surface area contributed by atoms with Gasteiger partial charge in [-0.2, -0.15) is 0 Å². The molecule has 3 rings (SSSR count). The molecule has 2 N–H and O–H groups in total. The number of aromatic nitrogens is 1. The fraction of sp³-hybridized carbons (Fsp3) is 0.364. The van der Waals surface area contributed by atoms with Gasteiger partial charge in [0.25, 0.3) is 5.91 Å². The van der Waals surface area contributed by atoms with Crippen LogP contribution in [0.3, 0.4) is 0 Å². The molecular formula is C22H25BrN2O4. The molecule has 6 nitrogen and oxygen atoms in total. The van der Waals surface area contributed by atoms with Crippen molar-refractivity contribution in [2.24, 2.45) is 5.92 Å². The maximum absolute atomic E-state index is 12.8. The Bertz CT molecular complexity index is 826. The van der Waals surface area contributed by atoms with Gasteiger partial charge in [0, 0.05) is 35.7 Å². The zero-order valence-corrected chi connectivity index (χ0v) is 17.8. The summed E-state index contributed by atoms with van der Waals surface area (Å²) in [6.07, 6.45) is 5.86. The molecule has 0 fully saturated rings. The van der Waals surface area contributed by atoms with Crippen molar-refractivity contribution in [2.45, 2.75) is 32.0 Å². The number of carbonyl (C=O) groups is 1. The summed E-state index contributed by atoms with van der Waals surface area (Å²) in [4.78, 5) is 16.8. The van der Waals surface area contributed by atoms with Crippen LogP contribution in [-0.4, -0.2) is 35.5 Å². The van der Waals surface area contributed by atoms with Gasteiger partial charge in [-0.3, -0.25) is 9.78 Å². The lowest BCUT2D eigenvalue weighted by Gasteiger charge is -2.37. The molecule has 0 unspecified atom stereocenters. The highest BCUT2D eigenvalue weighted by atomic mass is 79.9. The number of hydrogen-bond acceptors (Lipinski definition) is 5. The molecule has 1 aliphatic rings. The minimum absolute atomic E-state index is 0.0155. The third-order valence-corrected chi connectivity index (χ3v) is 5.34. The van der Waals surface area contributed by atoms with Crippen LogP contribution in [0.4, 0.5) is 5.69 Å². The molecule has 3 atom stereocenters. The number of aliphatic hydroxyl groups excluding tert-OH is 1. The van der Waals surface area contributed by atoms with Gasteiger partial charge in [-0.15, -0.1) is 0 Å². The third-order valence-electron chi connectivity index (χ3n) is 4.81. The van der Waals surface area contributed by atoms with Crippen LogP contribution in [-0.2, 0) is 14.3 Å². The second kappa shape index (κ2) is 10.5. The van der Waals surface area contributed by atoms with Gasteiger partial charge in [-0.05, 0) is 55.7 Å². The van der Waals surface area contributed by atoms with Crippen LogP contribution >= 0.6 is 15.9 Å². The molecule has 0 saturated carbocycles. The molecular weight excluding hydrogens is 436 g/mol. The van der Waals surface area contributed by atoms with Gasteiger partial charge in [0.15, 0.2) is 5.76 Å². The zero-order chi connectivity index (χ0) is 20.6. The van der Waals surface area contributed by atoms with Gasteiger partial charge in [-0.1, -0.05) is 28.1 Å². The van der Waals surface area contributed by atoms with E-state index >= 15 is 0 Å². The van der Waals surface area contributed by atoms with E-state index in [9.17, 15) is 9.90 Å². The van der Waals surface area contributed by atoms with Crippen molar-refractivity contribution in [1.82, 2.24) is 4.98 Å². The van der Waals surface area contributed by atoms with Crippen molar-refractivity contribution in [1.29, 1.82) is 0 Å². The minimum Gasteiger partial charge on any atom is -0.459 e. The molecule has 1 amide bonds. The summed E-state index contributed by atoms with van der Waals surface area (Å²) < 4.78 is 12.8. The van der Waals surface area contributed by atoms with Gasteiger partial charge in [-0.25, -0.2) is 0 Å². The average molecular weight is 461 g/mol. The average Bonchev–Trinajstić information content (AvgIpc) is 2.74. The zero-order valence-electron chi connectivity index (χ0n) is 16.3. The number of halogens is 1. The van der Waals surface area contributed by atoms with Crippen LogP contribution in [0.2, 0.25) is 0 Å². The molecule has 2 aromatic rings. The number of pyridine rings is 1. The predicted octanol–water partition coefficient (Wildman–Crippen LogP) is 4.23. The predicted molar refractivity (Wildman–Crippen MR) is 114 cm³/mol. The first kappa shape index (κ1) is 21.5. The normalized spacial score (nSPS) is 21.2. The largest absolute Gasteiger partial charge is 0.459 e.